The van der Waals surface area contributed by atoms with Crippen molar-refractivity contribution in [1.82, 2.24) is 10.3 Å². The van der Waals surface area contributed by atoms with Crippen LogP contribution >= 0.6 is 0 Å². The van der Waals surface area contributed by atoms with Crippen LogP contribution in [0.1, 0.15) is 23.1 Å². The van der Waals surface area contributed by atoms with Gasteiger partial charge in [0.05, 0.1) is 0 Å². The second-order valence-electron chi connectivity index (χ2n) is 5.10. The number of anilines is 1. The number of carbonyl (C=O) groups is 1. The van der Waals surface area contributed by atoms with Gasteiger partial charge in [0.25, 0.3) is 0 Å². The molecule has 0 aliphatic carbocycles. The van der Waals surface area contributed by atoms with Crippen LogP contribution in [0.25, 0.3) is 0 Å². The van der Waals surface area contributed by atoms with E-state index in [1.54, 1.807) is 6.20 Å². The Morgan fingerprint density at radius 1 is 1.14 bits per heavy atom. The monoisotopic (exact) mass is 283 g/mol. The number of nitrogens with zero attached hydrogens (tertiary/aromatic N) is 1. The van der Waals surface area contributed by atoms with Crippen LogP contribution in [0.4, 0.5) is 5.69 Å². The molecule has 0 aliphatic heterocycles. The average molecular weight is 283 g/mol. The Kier molecular flexibility index (Phi) is 5.46. The summed E-state index contributed by atoms with van der Waals surface area (Å²) in [5.41, 5.74) is 4.22. The number of aromatic nitrogens is 1. The van der Waals surface area contributed by atoms with Gasteiger partial charge in [0.15, 0.2) is 0 Å². The highest BCUT2D eigenvalue weighted by molar-refractivity contribution is 5.92. The molecule has 1 aromatic carbocycles. The number of amides is 1. The average Bonchev–Trinajstić information content (AvgIpc) is 2.49. The summed E-state index contributed by atoms with van der Waals surface area (Å²) >= 11 is 0. The Morgan fingerprint density at radius 2 is 1.90 bits per heavy atom. The first-order valence-electron chi connectivity index (χ1n) is 7.12. The second kappa shape index (κ2) is 7.55. The van der Waals surface area contributed by atoms with Crippen LogP contribution in [-0.2, 0) is 11.3 Å². The van der Waals surface area contributed by atoms with Gasteiger partial charge in [-0.05, 0) is 36.6 Å². The molecule has 2 N–H and O–H groups in total. The zero-order chi connectivity index (χ0) is 15.1. The van der Waals surface area contributed by atoms with Gasteiger partial charge in [0.1, 0.15) is 0 Å². The molecule has 21 heavy (non-hydrogen) atoms. The molecule has 4 heteroatoms. The van der Waals surface area contributed by atoms with Crippen molar-refractivity contribution in [2.45, 2.75) is 26.8 Å². The first-order chi connectivity index (χ1) is 10.2. The highest BCUT2D eigenvalue weighted by Crippen LogP contribution is 2.19. The first-order valence-corrected chi connectivity index (χ1v) is 7.12. The third-order valence-electron chi connectivity index (χ3n) is 3.33. The first kappa shape index (κ1) is 15.2. The van der Waals surface area contributed by atoms with E-state index in [2.05, 4.69) is 15.6 Å². The fourth-order valence-electron chi connectivity index (χ4n) is 2.15. The molecule has 0 aliphatic rings. The summed E-state index contributed by atoms with van der Waals surface area (Å²) in [6.07, 6.45) is 4.03. The van der Waals surface area contributed by atoms with Crippen LogP contribution in [0.15, 0.2) is 42.7 Å². The van der Waals surface area contributed by atoms with Gasteiger partial charge in [-0.15, -0.1) is 0 Å². The number of nitrogens with one attached hydrogen (secondary N) is 2. The molecule has 2 aromatic rings. The third-order valence-corrected chi connectivity index (χ3v) is 3.33. The number of carbonyl (C=O) groups excluding carboxylic acids is 1. The standard InChI is InChI=1S/C17H21N3O/c1-13-5-3-6-14(2)17(13)20-16(21)8-10-19-12-15-7-4-9-18-11-15/h3-7,9,11,19H,8,10,12H2,1-2H3,(H,20,21). The number of pyridine rings is 1. The highest BCUT2D eigenvalue weighted by Gasteiger charge is 2.06. The zero-order valence-electron chi connectivity index (χ0n) is 12.5. The van der Waals surface area contributed by atoms with Crippen LogP contribution in [0.2, 0.25) is 0 Å². The van der Waals surface area contributed by atoms with Crippen molar-refractivity contribution in [3.63, 3.8) is 0 Å². The predicted molar refractivity (Wildman–Crippen MR) is 85.1 cm³/mol. The largest absolute Gasteiger partial charge is 0.326 e. The van der Waals surface area contributed by atoms with Gasteiger partial charge >= 0.3 is 0 Å². The molecule has 0 bridgehead atoms. The Morgan fingerprint density at radius 3 is 2.57 bits per heavy atom. The van der Waals surface area contributed by atoms with Crippen LogP contribution in [0.5, 0.6) is 0 Å². The minimum absolute atomic E-state index is 0.0334. The van der Waals surface area contributed by atoms with Gasteiger partial charge < -0.3 is 10.6 Å². The van der Waals surface area contributed by atoms with Gasteiger partial charge in [-0.25, -0.2) is 0 Å². The summed E-state index contributed by atoms with van der Waals surface area (Å²) in [5.74, 6) is 0.0334. The van der Waals surface area contributed by atoms with Crippen LogP contribution in [0.3, 0.4) is 0 Å². The Labute approximate surface area is 125 Å². The minimum Gasteiger partial charge on any atom is -0.326 e. The van der Waals surface area contributed by atoms with Crippen molar-refractivity contribution >= 4 is 11.6 Å². The van der Waals surface area contributed by atoms with E-state index in [0.29, 0.717) is 13.0 Å². The molecule has 0 saturated heterocycles. The fraction of sp³-hybridized carbons (Fsp3) is 0.294. The van der Waals surface area contributed by atoms with Crippen molar-refractivity contribution in [2.24, 2.45) is 0 Å². The molecular weight excluding hydrogens is 262 g/mol. The summed E-state index contributed by atoms with van der Waals surface area (Å²) in [4.78, 5) is 16.0. The van der Waals surface area contributed by atoms with E-state index >= 15 is 0 Å². The summed E-state index contributed by atoms with van der Waals surface area (Å²) in [5, 5.41) is 6.23. The van der Waals surface area contributed by atoms with Gasteiger partial charge in [0, 0.05) is 37.6 Å². The number of benzene rings is 1. The molecule has 4 nitrogen and oxygen atoms in total. The van der Waals surface area contributed by atoms with Crippen molar-refractivity contribution in [3.8, 4) is 0 Å². The lowest BCUT2D eigenvalue weighted by Gasteiger charge is -2.11. The maximum Gasteiger partial charge on any atom is 0.225 e. The lowest BCUT2D eigenvalue weighted by atomic mass is 10.1. The van der Waals surface area contributed by atoms with Crippen molar-refractivity contribution in [1.29, 1.82) is 0 Å². The molecule has 1 heterocycles. The summed E-state index contributed by atoms with van der Waals surface area (Å²) in [6.45, 7) is 5.38. The molecule has 0 saturated carbocycles. The normalized spacial score (nSPS) is 10.4. The molecular formula is C17H21N3O. The predicted octanol–water partition coefficient (Wildman–Crippen LogP) is 2.82. The Hall–Kier alpha value is -2.20. The Balaban J connectivity index is 1.75. The van der Waals surface area contributed by atoms with Crippen molar-refractivity contribution in [2.75, 3.05) is 11.9 Å². The quantitative estimate of drug-likeness (QED) is 0.802. The molecule has 0 fully saturated rings. The van der Waals surface area contributed by atoms with Gasteiger partial charge in [0.2, 0.25) is 5.91 Å². The van der Waals surface area contributed by atoms with E-state index in [0.717, 1.165) is 28.9 Å². The summed E-state index contributed by atoms with van der Waals surface area (Å²) in [7, 11) is 0. The summed E-state index contributed by atoms with van der Waals surface area (Å²) < 4.78 is 0. The molecule has 1 amide bonds. The smallest absolute Gasteiger partial charge is 0.225 e. The topological polar surface area (TPSA) is 54.0 Å². The van der Waals surface area contributed by atoms with Crippen LogP contribution in [0, 0.1) is 13.8 Å². The lowest BCUT2D eigenvalue weighted by Crippen LogP contribution is -2.22. The molecule has 1 aromatic heterocycles. The van der Waals surface area contributed by atoms with Gasteiger partial charge in [-0.2, -0.15) is 0 Å². The van der Waals surface area contributed by atoms with Gasteiger partial charge in [-0.3, -0.25) is 9.78 Å². The van der Waals surface area contributed by atoms with Crippen molar-refractivity contribution < 1.29 is 4.79 Å². The molecule has 0 spiro atoms. The fourth-order valence-corrected chi connectivity index (χ4v) is 2.15. The van der Waals surface area contributed by atoms with E-state index < -0.39 is 0 Å². The van der Waals surface area contributed by atoms with E-state index in [1.165, 1.54) is 0 Å². The number of rotatable bonds is 6. The van der Waals surface area contributed by atoms with Crippen LogP contribution < -0.4 is 10.6 Å². The lowest BCUT2D eigenvalue weighted by molar-refractivity contribution is -0.116. The number of para-hydroxylation sites is 1. The van der Waals surface area contributed by atoms with E-state index in [9.17, 15) is 4.79 Å². The van der Waals surface area contributed by atoms with Gasteiger partial charge in [-0.1, -0.05) is 24.3 Å². The summed E-state index contributed by atoms with van der Waals surface area (Å²) in [6, 6.07) is 9.92. The zero-order valence-corrected chi connectivity index (χ0v) is 12.5. The number of hydrogen-bond acceptors (Lipinski definition) is 3. The van der Waals surface area contributed by atoms with E-state index in [1.807, 2.05) is 50.4 Å². The maximum absolute atomic E-state index is 12.0. The number of hydrogen-bond donors (Lipinski definition) is 2. The number of aryl methyl sites for hydroxylation is 2. The molecule has 0 radical (unpaired) electrons. The van der Waals surface area contributed by atoms with Crippen molar-refractivity contribution in [3.05, 3.63) is 59.4 Å². The second-order valence-corrected chi connectivity index (χ2v) is 5.10. The highest BCUT2D eigenvalue weighted by atomic mass is 16.1. The SMILES string of the molecule is Cc1cccc(C)c1NC(=O)CCNCc1cccnc1. The maximum atomic E-state index is 12.0. The third kappa shape index (κ3) is 4.68. The van der Waals surface area contributed by atoms with E-state index in [4.69, 9.17) is 0 Å². The molecule has 0 atom stereocenters. The molecule has 110 valence electrons. The van der Waals surface area contributed by atoms with E-state index in [-0.39, 0.29) is 5.91 Å². The van der Waals surface area contributed by atoms with Crippen LogP contribution in [-0.4, -0.2) is 17.4 Å². The molecule has 2 rings (SSSR count). The molecule has 0 unspecified atom stereocenters. The minimum atomic E-state index is 0.0334. The Bertz CT molecular complexity index is 576.